The highest BCUT2D eigenvalue weighted by atomic mass is 31.1. The predicted octanol–water partition coefficient (Wildman–Crippen LogP) is 11.6. The Labute approximate surface area is 308 Å². The van der Waals surface area contributed by atoms with Gasteiger partial charge in [-0.2, -0.15) is 0 Å². The van der Waals surface area contributed by atoms with E-state index in [9.17, 15) is 0 Å². The highest BCUT2D eigenvalue weighted by Crippen LogP contribution is 2.67. The Hall–Kier alpha value is -3.30. The van der Waals surface area contributed by atoms with Gasteiger partial charge in [-0.15, -0.1) is 0 Å². The molecule has 0 saturated heterocycles. The van der Waals surface area contributed by atoms with Crippen molar-refractivity contribution in [3.8, 4) is 0 Å². The van der Waals surface area contributed by atoms with Crippen LogP contribution in [0.1, 0.15) is 61.3 Å². The molecular formula is C49H52P2. The summed E-state index contributed by atoms with van der Waals surface area (Å²) in [5.41, 5.74) is 7.09. The lowest BCUT2D eigenvalue weighted by molar-refractivity contribution is 0.221. The lowest BCUT2D eigenvalue weighted by Crippen LogP contribution is -2.36. The van der Waals surface area contributed by atoms with E-state index in [0.29, 0.717) is 5.66 Å². The summed E-state index contributed by atoms with van der Waals surface area (Å²) in [5, 5.41) is 12.2. The van der Waals surface area contributed by atoms with Crippen LogP contribution >= 0.6 is 15.8 Å². The fourth-order valence-electron chi connectivity index (χ4n) is 11.4. The standard InChI is InChI=1S/C49H52P2/c1-6-46(50(39-23-31(2)21-32(3)24-39)40-25-33(4)22-34(5)26-40)44-28-37-27-43(44)45-29-38(37)30-49(45)51(47-19-11-15-35-13-7-9-17-41(35)47)48-20-12-16-36-14-8-10-18-42(36)48/h7-26,37-38,43-46,49H,6,27-30H2,1-5H3. The van der Waals surface area contributed by atoms with E-state index in [2.05, 4.69) is 156 Å². The molecule has 7 atom stereocenters. The molecule has 3 aliphatic rings. The molecule has 7 unspecified atom stereocenters. The van der Waals surface area contributed by atoms with Gasteiger partial charge in [-0.1, -0.05) is 151 Å². The van der Waals surface area contributed by atoms with Gasteiger partial charge < -0.3 is 0 Å². The first-order chi connectivity index (χ1) is 24.9. The topological polar surface area (TPSA) is 0 Å². The number of benzene rings is 6. The summed E-state index contributed by atoms with van der Waals surface area (Å²) < 4.78 is 0. The molecule has 0 radical (unpaired) electrons. The van der Waals surface area contributed by atoms with Gasteiger partial charge in [0.25, 0.3) is 0 Å². The summed E-state index contributed by atoms with van der Waals surface area (Å²) >= 11 is 0. The Morgan fingerprint density at radius 1 is 0.529 bits per heavy atom. The van der Waals surface area contributed by atoms with Crippen molar-refractivity contribution >= 4 is 58.6 Å². The number of hydrogen-bond acceptors (Lipinski definition) is 0. The molecule has 3 fully saturated rings. The number of rotatable bonds is 8. The summed E-state index contributed by atoms with van der Waals surface area (Å²) in [4.78, 5) is 0. The van der Waals surface area contributed by atoms with E-state index in [-0.39, 0.29) is 0 Å². The molecule has 0 heterocycles. The van der Waals surface area contributed by atoms with Gasteiger partial charge in [0.2, 0.25) is 0 Å². The maximum Gasteiger partial charge on any atom is -0.00944 e. The molecule has 0 aliphatic heterocycles. The van der Waals surface area contributed by atoms with E-state index in [1.54, 1.807) is 21.2 Å². The quantitative estimate of drug-likeness (QED) is 0.139. The lowest BCUT2D eigenvalue weighted by Gasteiger charge is -2.41. The maximum absolute atomic E-state index is 2.55. The van der Waals surface area contributed by atoms with Gasteiger partial charge in [0.05, 0.1) is 0 Å². The highest BCUT2D eigenvalue weighted by Gasteiger charge is 2.57. The molecule has 3 aliphatic carbocycles. The molecule has 2 heteroatoms. The minimum absolute atomic E-state index is 0.482. The van der Waals surface area contributed by atoms with Crippen molar-refractivity contribution < 1.29 is 0 Å². The zero-order valence-electron chi connectivity index (χ0n) is 31.0. The van der Waals surface area contributed by atoms with Crippen LogP contribution in [-0.2, 0) is 0 Å². The molecule has 258 valence electrons. The number of aryl methyl sites for hydroxylation is 4. The Bertz CT molecular complexity index is 2050. The van der Waals surface area contributed by atoms with Gasteiger partial charge in [-0.3, -0.25) is 0 Å². The van der Waals surface area contributed by atoms with E-state index in [1.807, 2.05) is 0 Å². The molecule has 0 nitrogen and oxygen atoms in total. The Morgan fingerprint density at radius 3 is 1.53 bits per heavy atom. The SMILES string of the molecule is CCC(C1CC2CC1C1CC2CC1P(c1cccc2ccccc12)c1cccc2ccccc12)P(c1cc(C)cc(C)c1)c1cc(C)cc(C)c1. The van der Waals surface area contributed by atoms with Crippen molar-refractivity contribution in [3.63, 3.8) is 0 Å². The van der Waals surface area contributed by atoms with Crippen LogP contribution in [0, 0.1) is 57.3 Å². The number of fused-ring (bicyclic) bond motifs is 8. The van der Waals surface area contributed by atoms with Crippen LogP contribution in [0.5, 0.6) is 0 Å². The van der Waals surface area contributed by atoms with E-state index in [4.69, 9.17) is 0 Å². The third-order valence-corrected chi connectivity index (χ3v) is 19.2. The first-order valence-corrected chi connectivity index (χ1v) is 22.4. The van der Waals surface area contributed by atoms with Gasteiger partial charge in [0.15, 0.2) is 0 Å². The monoisotopic (exact) mass is 702 g/mol. The van der Waals surface area contributed by atoms with Gasteiger partial charge >= 0.3 is 0 Å². The van der Waals surface area contributed by atoms with Crippen LogP contribution in [-0.4, -0.2) is 11.3 Å². The molecule has 0 N–H and O–H groups in total. The average Bonchev–Trinajstić information content (AvgIpc) is 3.68. The van der Waals surface area contributed by atoms with Crippen LogP contribution in [0.25, 0.3) is 21.5 Å². The van der Waals surface area contributed by atoms with Gasteiger partial charge in [-0.05, 0) is 159 Å². The van der Waals surface area contributed by atoms with Crippen molar-refractivity contribution in [2.24, 2.45) is 29.6 Å². The lowest BCUT2D eigenvalue weighted by atomic mass is 9.77. The second kappa shape index (κ2) is 13.6. The molecule has 9 rings (SSSR count). The first-order valence-electron chi connectivity index (χ1n) is 19.6. The predicted molar refractivity (Wildman–Crippen MR) is 226 cm³/mol. The zero-order valence-corrected chi connectivity index (χ0v) is 32.8. The first kappa shape index (κ1) is 33.5. The van der Waals surface area contributed by atoms with E-state index in [0.717, 1.165) is 35.2 Å². The molecule has 3 saturated carbocycles. The minimum atomic E-state index is -0.553. The number of hydrogen-bond donors (Lipinski definition) is 0. The molecule has 6 aromatic rings. The molecular weight excluding hydrogens is 650 g/mol. The molecule has 6 aromatic carbocycles. The smallest absolute Gasteiger partial charge is 0.00944 e. The average molecular weight is 703 g/mol. The Morgan fingerprint density at radius 2 is 1.00 bits per heavy atom. The van der Waals surface area contributed by atoms with Crippen molar-refractivity contribution in [2.75, 3.05) is 0 Å². The summed E-state index contributed by atoms with van der Waals surface area (Å²) in [7, 11) is -1.03. The van der Waals surface area contributed by atoms with Gasteiger partial charge in [0.1, 0.15) is 0 Å². The molecule has 0 aromatic heterocycles. The van der Waals surface area contributed by atoms with Gasteiger partial charge in [0, 0.05) is 0 Å². The highest BCUT2D eigenvalue weighted by molar-refractivity contribution is 7.74. The van der Waals surface area contributed by atoms with E-state index >= 15 is 0 Å². The van der Waals surface area contributed by atoms with Crippen molar-refractivity contribution in [1.82, 2.24) is 0 Å². The largest absolute Gasteiger partial charge is 0.0647 e. The second-order valence-corrected chi connectivity index (χ2v) is 21.2. The minimum Gasteiger partial charge on any atom is -0.0647 e. The van der Waals surface area contributed by atoms with Crippen molar-refractivity contribution in [1.29, 1.82) is 0 Å². The summed E-state index contributed by atoms with van der Waals surface area (Å²) in [5.74, 6) is 4.18. The fraction of sp³-hybridized carbons (Fsp3) is 0.347. The second-order valence-electron chi connectivity index (χ2n) is 16.4. The molecule has 0 spiro atoms. The van der Waals surface area contributed by atoms with Crippen LogP contribution in [0.3, 0.4) is 0 Å². The van der Waals surface area contributed by atoms with Crippen molar-refractivity contribution in [2.45, 2.75) is 78.0 Å². The van der Waals surface area contributed by atoms with Gasteiger partial charge in [-0.25, -0.2) is 0 Å². The fourth-order valence-corrected chi connectivity index (χ4v) is 18.5. The maximum atomic E-state index is 2.55. The van der Waals surface area contributed by atoms with E-state index in [1.165, 1.54) is 75.9 Å². The van der Waals surface area contributed by atoms with E-state index < -0.39 is 15.8 Å². The van der Waals surface area contributed by atoms with Crippen LogP contribution < -0.4 is 21.2 Å². The molecule has 51 heavy (non-hydrogen) atoms. The normalized spacial score (nSPS) is 24.6. The third kappa shape index (κ3) is 6.00. The zero-order chi connectivity index (χ0) is 34.8. The molecule has 0 amide bonds. The summed E-state index contributed by atoms with van der Waals surface area (Å²) in [6.07, 6.45) is 7.04. The van der Waals surface area contributed by atoms with Crippen molar-refractivity contribution in [3.05, 3.63) is 144 Å². The van der Waals surface area contributed by atoms with Crippen LogP contribution in [0.15, 0.2) is 121 Å². The van der Waals surface area contributed by atoms with Crippen LogP contribution in [0.4, 0.5) is 0 Å². The Kier molecular flexibility index (Phi) is 8.94. The molecule has 4 bridgehead atoms. The summed E-state index contributed by atoms with van der Waals surface area (Å²) in [6, 6.07) is 47.8. The third-order valence-electron chi connectivity index (χ3n) is 13.1. The summed E-state index contributed by atoms with van der Waals surface area (Å²) in [6.45, 7) is 11.8. The Balaban J connectivity index is 1.17. The van der Waals surface area contributed by atoms with Crippen LogP contribution in [0.2, 0.25) is 0 Å².